The quantitative estimate of drug-likeness (QED) is 0.576. The molecule has 0 bridgehead atoms. The van der Waals surface area contributed by atoms with Crippen LogP contribution in [0.3, 0.4) is 0 Å². The smallest absolute Gasteiger partial charge is 0.0471 e. The highest BCUT2D eigenvalue weighted by atomic mass is 16.3. The number of rotatable bonds is 7. The molecule has 0 aliphatic rings. The van der Waals surface area contributed by atoms with Gasteiger partial charge in [0.1, 0.15) is 0 Å². The summed E-state index contributed by atoms with van der Waals surface area (Å²) in [5.41, 5.74) is 5.71. The van der Waals surface area contributed by atoms with E-state index in [-0.39, 0.29) is 12.5 Å². The van der Waals surface area contributed by atoms with Gasteiger partial charge < -0.3 is 16.2 Å². The first kappa shape index (κ1) is 13.9. The number of aliphatic hydroxyl groups is 1. The summed E-state index contributed by atoms with van der Waals surface area (Å²) in [6, 6.07) is 0.687. The Kier molecular flexibility index (Phi) is 7.15. The van der Waals surface area contributed by atoms with Crippen molar-refractivity contribution in [3.63, 3.8) is 0 Å². The Hall–Kier alpha value is -0.120. The lowest BCUT2D eigenvalue weighted by molar-refractivity contribution is 0.193. The molecule has 0 rings (SSSR count). The van der Waals surface area contributed by atoms with E-state index < -0.39 is 0 Å². The Morgan fingerprint density at radius 2 is 1.79 bits per heavy atom. The molecular weight excluding hydrogens is 176 g/mol. The molecule has 86 valence electrons. The van der Waals surface area contributed by atoms with Crippen molar-refractivity contribution >= 4 is 0 Å². The van der Waals surface area contributed by atoms with Gasteiger partial charge in [-0.15, -0.1) is 0 Å². The van der Waals surface area contributed by atoms with Crippen molar-refractivity contribution in [2.75, 3.05) is 13.2 Å². The highest BCUT2D eigenvalue weighted by Gasteiger charge is 2.19. The molecule has 0 spiro atoms. The molecular formula is C11H26N2O. The Bertz CT molecular complexity index is 141. The lowest BCUT2D eigenvalue weighted by Crippen LogP contribution is -2.48. The van der Waals surface area contributed by atoms with Crippen molar-refractivity contribution in [3.05, 3.63) is 0 Å². The van der Waals surface area contributed by atoms with E-state index >= 15 is 0 Å². The molecule has 0 aromatic carbocycles. The molecule has 0 saturated carbocycles. The minimum Gasteiger partial charge on any atom is -0.396 e. The number of aliphatic hydroxyl groups excluding tert-OH is 1. The van der Waals surface area contributed by atoms with Crippen molar-refractivity contribution in [2.45, 2.75) is 46.2 Å². The largest absolute Gasteiger partial charge is 0.396 e. The number of nitrogens with two attached hydrogens (primary N) is 1. The van der Waals surface area contributed by atoms with Gasteiger partial charge in [-0.3, -0.25) is 0 Å². The van der Waals surface area contributed by atoms with Crippen LogP contribution in [0.1, 0.15) is 34.1 Å². The van der Waals surface area contributed by atoms with Gasteiger partial charge in [0.15, 0.2) is 0 Å². The van der Waals surface area contributed by atoms with Crippen LogP contribution in [0.25, 0.3) is 0 Å². The lowest BCUT2D eigenvalue weighted by Gasteiger charge is -2.29. The summed E-state index contributed by atoms with van der Waals surface area (Å²) < 4.78 is 0. The van der Waals surface area contributed by atoms with Crippen LogP contribution in [-0.4, -0.2) is 30.3 Å². The molecule has 4 atom stereocenters. The maximum atomic E-state index is 9.02. The molecule has 3 nitrogen and oxygen atoms in total. The molecule has 0 aromatic heterocycles. The summed E-state index contributed by atoms with van der Waals surface area (Å²) in [5.74, 6) is 0.876. The van der Waals surface area contributed by atoms with E-state index in [0.717, 1.165) is 6.42 Å². The van der Waals surface area contributed by atoms with Gasteiger partial charge in [0.2, 0.25) is 0 Å². The Morgan fingerprint density at radius 1 is 1.21 bits per heavy atom. The molecule has 14 heavy (non-hydrogen) atoms. The summed E-state index contributed by atoms with van der Waals surface area (Å²) in [7, 11) is 0. The fourth-order valence-corrected chi connectivity index (χ4v) is 1.41. The summed E-state index contributed by atoms with van der Waals surface area (Å²) in [5, 5.41) is 12.5. The van der Waals surface area contributed by atoms with Gasteiger partial charge in [-0.1, -0.05) is 27.2 Å². The van der Waals surface area contributed by atoms with Crippen LogP contribution in [-0.2, 0) is 0 Å². The second-order valence-electron chi connectivity index (χ2n) is 4.34. The monoisotopic (exact) mass is 202 g/mol. The molecule has 0 aliphatic carbocycles. The van der Waals surface area contributed by atoms with Gasteiger partial charge in [0.25, 0.3) is 0 Å². The zero-order valence-corrected chi connectivity index (χ0v) is 9.96. The van der Waals surface area contributed by atoms with Crippen LogP contribution in [0.15, 0.2) is 0 Å². The van der Waals surface area contributed by atoms with Gasteiger partial charge in [-0.25, -0.2) is 0 Å². The Morgan fingerprint density at radius 3 is 2.14 bits per heavy atom. The molecule has 0 amide bonds. The summed E-state index contributed by atoms with van der Waals surface area (Å²) in [4.78, 5) is 0. The standard InChI is InChI=1S/C11H26N2O/c1-5-8(2)11(6-12)13-10(4)9(3)7-14/h8-11,13-14H,5-7,12H2,1-4H3. The van der Waals surface area contributed by atoms with Gasteiger partial charge in [-0.2, -0.15) is 0 Å². The van der Waals surface area contributed by atoms with Crippen molar-refractivity contribution in [1.82, 2.24) is 5.32 Å². The predicted molar refractivity (Wildman–Crippen MR) is 61.1 cm³/mol. The van der Waals surface area contributed by atoms with Crippen molar-refractivity contribution in [2.24, 2.45) is 17.6 Å². The number of nitrogens with one attached hydrogen (secondary N) is 1. The second kappa shape index (κ2) is 7.21. The third kappa shape index (κ3) is 4.40. The zero-order chi connectivity index (χ0) is 11.1. The third-order valence-electron chi connectivity index (χ3n) is 3.20. The predicted octanol–water partition coefficient (Wildman–Crippen LogP) is 0.966. The molecule has 0 aromatic rings. The van der Waals surface area contributed by atoms with E-state index in [2.05, 4.69) is 26.1 Å². The SMILES string of the molecule is CCC(C)C(CN)NC(C)C(C)CO. The maximum absolute atomic E-state index is 9.02. The van der Waals surface area contributed by atoms with Crippen LogP contribution >= 0.6 is 0 Å². The van der Waals surface area contributed by atoms with Crippen molar-refractivity contribution in [3.8, 4) is 0 Å². The summed E-state index contributed by atoms with van der Waals surface area (Å²) in [6.07, 6.45) is 1.13. The van der Waals surface area contributed by atoms with Gasteiger partial charge in [0.05, 0.1) is 0 Å². The van der Waals surface area contributed by atoms with E-state index in [1.807, 2.05) is 6.92 Å². The number of hydrogen-bond acceptors (Lipinski definition) is 3. The third-order valence-corrected chi connectivity index (χ3v) is 3.20. The first-order chi connectivity index (χ1) is 6.56. The molecule has 3 heteroatoms. The summed E-state index contributed by atoms with van der Waals surface area (Å²) >= 11 is 0. The normalized spacial score (nSPS) is 20.1. The van der Waals surface area contributed by atoms with E-state index in [0.29, 0.717) is 24.5 Å². The highest BCUT2D eigenvalue weighted by Crippen LogP contribution is 2.10. The maximum Gasteiger partial charge on any atom is 0.0471 e. The fourth-order valence-electron chi connectivity index (χ4n) is 1.41. The average Bonchev–Trinajstić information content (AvgIpc) is 2.22. The first-order valence-corrected chi connectivity index (χ1v) is 5.63. The van der Waals surface area contributed by atoms with Gasteiger partial charge >= 0.3 is 0 Å². The van der Waals surface area contributed by atoms with Crippen LogP contribution in [0.5, 0.6) is 0 Å². The minimum atomic E-state index is 0.228. The molecule has 4 unspecified atom stereocenters. The van der Waals surface area contributed by atoms with E-state index in [4.69, 9.17) is 10.8 Å². The van der Waals surface area contributed by atoms with E-state index in [1.165, 1.54) is 0 Å². The van der Waals surface area contributed by atoms with Crippen LogP contribution in [0.4, 0.5) is 0 Å². The second-order valence-corrected chi connectivity index (χ2v) is 4.34. The fraction of sp³-hybridized carbons (Fsp3) is 1.00. The van der Waals surface area contributed by atoms with E-state index in [9.17, 15) is 0 Å². The summed E-state index contributed by atoms with van der Waals surface area (Å²) in [6.45, 7) is 9.42. The van der Waals surface area contributed by atoms with Gasteiger partial charge in [-0.05, 0) is 18.8 Å². The Balaban J connectivity index is 4.03. The molecule has 0 heterocycles. The van der Waals surface area contributed by atoms with E-state index in [1.54, 1.807) is 0 Å². The number of hydrogen-bond donors (Lipinski definition) is 3. The minimum absolute atomic E-state index is 0.228. The van der Waals surface area contributed by atoms with Crippen molar-refractivity contribution in [1.29, 1.82) is 0 Å². The Labute approximate surface area is 88.1 Å². The zero-order valence-electron chi connectivity index (χ0n) is 9.96. The van der Waals surface area contributed by atoms with Crippen LogP contribution in [0, 0.1) is 11.8 Å². The van der Waals surface area contributed by atoms with Crippen LogP contribution in [0.2, 0.25) is 0 Å². The average molecular weight is 202 g/mol. The molecule has 0 radical (unpaired) electrons. The lowest BCUT2D eigenvalue weighted by atomic mass is 9.96. The van der Waals surface area contributed by atoms with Gasteiger partial charge in [0, 0.05) is 25.2 Å². The first-order valence-electron chi connectivity index (χ1n) is 5.63. The molecule has 0 fully saturated rings. The molecule has 4 N–H and O–H groups in total. The topological polar surface area (TPSA) is 58.3 Å². The highest BCUT2D eigenvalue weighted by molar-refractivity contribution is 4.78. The molecule has 0 saturated heterocycles. The van der Waals surface area contributed by atoms with Crippen LogP contribution < -0.4 is 11.1 Å². The molecule has 0 aliphatic heterocycles. The van der Waals surface area contributed by atoms with Crippen molar-refractivity contribution < 1.29 is 5.11 Å².